The van der Waals surface area contributed by atoms with Gasteiger partial charge in [-0.05, 0) is 25.1 Å². The van der Waals surface area contributed by atoms with E-state index in [2.05, 4.69) is 27.4 Å². The third-order valence-corrected chi connectivity index (χ3v) is 4.21. The zero-order chi connectivity index (χ0) is 17.1. The molecule has 1 atom stereocenters. The Bertz CT molecular complexity index is 844. The number of aliphatic hydroxyl groups is 1. The Morgan fingerprint density at radius 3 is 3.00 bits per heavy atom. The molecule has 6 nitrogen and oxygen atoms in total. The first-order valence-corrected chi connectivity index (χ1v) is 8.04. The molecule has 2 aromatic rings. The van der Waals surface area contributed by atoms with E-state index in [0.29, 0.717) is 30.5 Å². The number of hydrogen-bond acceptors (Lipinski definition) is 5. The Morgan fingerprint density at radius 1 is 1.42 bits per heavy atom. The molecule has 1 aromatic carbocycles. The van der Waals surface area contributed by atoms with E-state index in [9.17, 15) is 4.79 Å². The minimum atomic E-state index is -0.0800. The molecule has 2 heterocycles. The minimum absolute atomic E-state index is 0.0188. The molecule has 1 aliphatic heterocycles. The average molecular weight is 345 g/mol. The predicted molar refractivity (Wildman–Crippen MR) is 92.8 cm³/mol. The SMILES string of the molecule is CC#Cc1ccc2c(Cl)nnc(N[C@@H]3CC(=O)N(CCO)C3)c2c1. The number of benzene rings is 1. The zero-order valence-electron chi connectivity index (χ0n) is 13.2. The quantitative estimate of drug-likeness (QED) is 0.825. The first kappa shape index (κ1) is 16.5. The third kappa shape index (κ3) is 3.28. The van der Waals surface area contributed by atoms with Crippen LogP contribution in [0.3, 0.4) is 0 Å². The van der Waals surface area contributed by atoms with Crippen molar-refractivity contribution in [3.8, 4) is 11.8 Å². The summed E-state index contributed by atoms with van der Waals surface area (Å²) in [5.41, 5.74) is 0.863. The number of anilines is 1. The van der Waals surface area contributed by atoms with Gasteiger partial charge in [0.2, 0.25) is 5.91 Å². The normalized spacial score (nSPS) is 17.0. The van der Waals surface area contributed by atoms with Crippen LogP contribution in [0.25, 0.3) is 10.8 Å². The number of likely N-dealkylation sites (tertiary alicyclic amines) is 1. The summed E-state index contributed by atoms with van der Waals surface area (Å²) in [5.74, 6) is 6.48. The maximum Gasteiger partial charge on any atom is 0.224 e. The van der Waals surface area contributed by atoms with Crippen LogP contribution in [-0.4, -0.2) is 51.8 Å². The summed E-state index contributed by atoms with van der Waals surface area (Å²) in [5, 5.41) is 22.3. The second-order valence-electron chi connectivity index (χ2n) is 5.58. The van der Waals surface area contributed by atoms with Crippen molar-refractivity contribution >= 4 is 34.1 Å². The third-order valence-electron chi connectivity index (χ3n) is 3.93. The number of aromatic nitrogens is 2. The number of nitrogens with zero attached hydrogens (tertiary/aromatic N) is 3. The Labute approximate surface area is 144 Å². The van der Waals surface area contributed by atoms with Crippen LogP contribution in [0.2, 0.25) is 5.15 Å². The van der Waals surface area contributed by atoms with Gasteiger partial charge in [-0.3, -0.25) is 4.79 Å². The average Bonchev–Trinajstić information content (AvgIpc) is 2.91. The van der Waals surface area contributed by atoms with Gasteiger partial charge in [0.1, 0.15) is 0 Å². The number of aliphatic hydroxyl groups excluding tert-OH is 1. The number of nitrogens with one attached hydrogen (secondary N) is 1. The van der Waals surface area contributed by atoms with Crippen molar-refractivity contribution in [2.45, 2.75) is 19.4 Å². The lowest BCUT2D eigenvalue weighted by Gasteiger charge is -2.16. The summed E-state index contributed by atoms with van der Waals surface area (Å²) in [6, 6.07) is 5.59. The van der Waals surface area contributed by atoms with Crippen molar-refractivity contribution in [3.63, 3.8) is 0 Å². The van der Waals surface area contributed by atoms with Gasteiger partial charge in [-0.25, -0.2) is 0 Å². The highest BCUT2D eigenvalue weighted by molar-refractivity contribution is 6.34. The van der Waals surface area contributed by atoms with Gasteiger partial charge in [-0.2, -0.15) is 0 Å². The molecule has 124 valence electrons. The van der Waals surface area contributed by atoms with Crippen molar-refractivity contribution in [1.82, 2.24) is 15.1 Å². The van der Waals surface area contributed by atoms with Crippen LogP contribution in [0.5, 0.6) is 0 Å². The zero-order valence-corrected chi connectivity index (χ0v) is 14.0. The van der Waals surface area contributed by atoms with Crippen LogP contribution < -0.4 is 5.32 Å². The molecule has 7 heteroatoms. The second-order valence-corrected chi connectivity index (χ2v) is 5.94. The second kappa shape index (κ2) is 7.04. The molecule has 0 bridgehead atoms. The van der Waals surface area contributed by atoms with E-state index >= 15 is 0 Å². The van der Waals surface area contributed by atoms with Crippen molar-refractivity contribution in [1.29, 1.82) is 0 Å². The maximum absolute atomic E-state index is 11.9. The highest BCUT2D eigenvalue weighted by Crippen LogP contribution is 2.28. The Balaban J connectivity index is 1.91. The Hall–Kier alpha value is -2.36. The molecule has 0 radical (unpaired) electrons. The lowest BCUT2D eigenvalue weighted by molar-refractivity contribution is -0.128. The van der Waals surface area contributed by atoms with Crippen LogP contribution in [0, 0.1) is 11.8 Å². The molecular formula is C17H17ClN4O2. The number of fused-ring (bicyclic) bond motifs is 1. The molecule has 0 saturated carbocycles. The molecule has 0 spiro atoms. The highest BCUT2D eigenvalue weighted by Gasteiger charge is 2.29. The number of carbonyl (C=O) groups excluding carboxylic acids is 1. The summed E-state index contributed by atoms with van der Waals surface area (Å²) >= 11 is 6.14. The van der Waals surface area contributed by atoms with Crippen molar-refractivity contribution in [2.75, 3.05) is 25.0 Å². The van der Waals surface area contributed by atoms with Gasteiger partial charge in [0.05, 0.1) is 12.6 Å². The molecule has 1 fully saturated rings. The van der Waals surface area contributed by atoms with E-state index in [-0.39, 0.29) is 18.6 Å². The summed E-state index contributed by atoms with van der Waals surface area (Å²) in [7, 11) is 0. The van der Waals surface area contributed by atoms with E-state index in [1.165, 1.54) is 0 Å². The largest absolute Gasteiger partial charge is 0.395 e. The monoisotopic (exact) mass is 344 g/mol. The summed E-state index contributed by atoms with van der Waals surface area (Å²) < 4.78 is 0. The number of hydrogen-bond donors (Lipinski definition) is 2. The lowest BCUT2D eigenvalue weighted by atomic mass is 10.1. The van der Waals surface area contributed by atoms with Crippen LogP contribution in [0.4, 0.5) is 5.82 Å². The molecule has 1 saturated heterocycles. The van der Waals surface area contributed by atoms with Crippen LogP contribution in [-0.2, 0) is 4.79 Å². The van der Waals surface area contributed by atoms with Crippen LogP contribution in [0.1, 0.15) is 18.9 Å². The molecule has 0 unspecified atom stereocenters. The van der Waals surface area contributed by atoms with Crippen molar-refractivity contribution in [3.05, 3.63) is 28.9 Å². The highest BCUT2D eigenvalue weighted by atomic mass is 35.5. The first-order chi connectivity index (χ1) is 11.6. The summed E-state index contributed by atoms with van der Waals surface area (Å²) in [6.45, 7) is 2.61. The molecule has 0 aliphatic carbocycles. The smallest absolute Gasteiger partial charge is 0.224 e. The Morgan fingerprint density at radius 2 is 2.25 bits per heavy atom. The molecular weight excluding hydrogens is 328 g/mol. The van der Waals surface area contributed by atoms with Gasteiger partial charge >= 0.3 is 0 Å². The number of carbonyl (C=O) groups is 1. The maximum atomic E-state index is 11.9. The standard InChI is InChI=1S/C17H17ClN4O2/c1-2-3-11-4-5-13-14(8-11)17(21-20-16(13)18)19-12-9-15(24)22(10-12)6-7-23/h4-5,8,12,23H,6-7,9-10H2,1H3,(H,19,21)/t12-/m1/s1. The molecule has 24 heavy (non-hydrogen) atoms. The van der Waals surface area contributed by atoms with Gasteiger partial charge < -0.3 is 15.3 Å². The molecule has 1 aromatic heterocycles. The number of halogens is 1. The summed E-state index contributed by atoms with van der Waals surface area (Å²) in [4.78, 5) is 13.6. The molecule has 3 rings (SSSR count). The fourth-order valence-electron chi connectivity index (χ4n) is 2.85. The fourth-order valence-corrected chi connectivity index (χ4v) is 3.05. The molecule has 1 aliphatic rings. The van der Waals surface area contributed by atoms with E-state index < -0.39 is 0 Å². The van der Waals surface area contributed by atoms with Crippen molar-refractivity contribution < 1.29 is 9.90 Å². The molecule has 1 amide bonds. The summed E-state index contributed by atoms with van der Waals surface area (Å²) in [6.07, 6.45) is 0.361. The van der Waals surface area contributed by atoms with Gasteiger partial charge in [-0.15, -0.1) is 16.1 Å². The fraction of sp³-hybridized carbons (Fsp3) is 0.353. The minimum Gasteiger partial charge on any atom is -0.395 e. The number of amides is 1. The predicted octanol–water partition coefficient (Wildman–Crippen LogP) is 1.66. The number of rotatable bonds is 4. The van der Waals surface area contributed by atoms with Crippen molar-refractivity contribution in [2.24, 2.45) is 0 Å². The topological polar surface area (TPSA) is 78.4 Å². The van der Waals surface area contributed by atoms with Gasteiger partial charge in [0.25, 0.3) is 0 Å². The van der Waals surface area contributed by atoms with Crippen LogP contribution >= 0.6 is 11.6 Å². The Kier molecular flexibility index (Phi) is 4.84. The van der Waals surface area contributed by atoms with E-state index in [1.54, 1.807) is 11.8 Å². The van der Waals surface area contributed by atoms with Gasteiger partial charge in [0.15, 0.2) is 11.0 Å². The number of β-amino-alcohol motifs (C(OH)–C–C–N with tert-alkyl or cyclic N) is 1. The molecule has 2 N–H and O–H groups in total. The first-order valence-electron chi connectivity index (χ1n) is 7.66. The van der Waals surface area contributed by atoms with Crippen LogP contribution in [0.15, 0.2) is 18.2 Å². The lowest BCUT2D eigenvalue weighted by Crippen LogP contribution is -2.30. The van der Waals surface area contributed by atoms with E-state index in [1.807, 2.05) is 18.2 Å². The van der Waals surface area contributed by atoms with E-state index in [4.69, 9.17) is 16.7 Å². The van der Waals surface area contributed by atoms with Gasteiger partial charge in [0, 0.05) is 35.8 Å². The van der Waals surface area contributed by atoms with Gasteiger partial charge in [-0.1, -0.05) is 17.5 Å². The van der Waals surface area contributed by atoms with E-state index in [0.717, 1.165) is 16.3 Å².